The summed E-state index contributed by atoms with van der Waals surface area (Å²) in [6.07, 6.45) is 0.525. The van der Waals surface area contributed by atoms with Gasteiger partial charge in [-0.05, 0) is 37.6 Å². The van der Waals surface area contributed by atoms with Crippen LogP contribution in [0, 0.1) is 0 Å². The van der Waals surface area contributed by atoms with Gasteiger partial charge in [0.05, 0.1) is 0 Å². The maximum Gasteiger partial charge on any atom is 0.287 e. The summed E-state index contributed by atoms with van der Waals surface area (Å²) in [6.45, 7) is 1.89. The van der Waals surface area contributed by atoms with Gasteiger partial charge in [0.1, 0.15) is 5.58 Å². The van der Waals surface area contributed by atoms with E-state index in [9.17, 15) is 4.79 Å². The summed E-state index contributed by atoms with van der Waals surface area (Å²) in [4.78, 5) is 11.9. The molecule has 0 fully saturated rings. The third-order valence-corrected chi connectivity index (χ3v) is 3.13. The number of rotatable bonds is 4. The average molecular weight is 312 g/mol. The molecule has 2 aromatic rings. The van der Waals surface area contributed by atoms with Crippen molar-refractivity contribution in [2.24, 2.45) is 0 Å². The lowest BCUT2D eigenvalue weighted by Crippen LogP contribution is -2.32. The third-order valence-electron chi connectivity index (χ3n) is 2.64. The topological polar surface area (TPSA) is 62.5 Å². The molecule has 1 unspecified atom stereocenters. The van der Waals surface area contributed by atoms with Gasteiger partial charge in [-0.2, -0.15) is 0 Å². The number of furan rings is 1. The van der Waals surface area contributed by atoms with Gasteiger partial charge < -0.3 is 14.8 Å². The number of nitrogens with one attached hydrogen (secondary N) is 1. The molecule has 2 rings (SSSR count). The van der Waals surface area contributed by atoms with E-state index in [2.05, 4.69) is 21.2 Å². The van der Waals surface area contributed by atoms with Crippen LogP contribution in [0.4, 0.5) is 0 Å². The Bertz CT molecular complexity index is 564. The van der Waals surface area contributed by atoms with Crippen LogP contribution in [0.5, 0.6) is 0 Å². The highest BCUT2D eigenvalue weighted by Crippen LogP contribution is 2.23. The zero-order valence-corrected chi connectivity index (χ0v) is 11.5. The number of halogens is 1. The van der Waals surface area contributed by atoms with E-state index in [0.717, 1.165) is 9.86 Å². The molecule has 18 heavy (non-hydrogen) atoms. The zero-order valence-electron chi connectivity index (χ0n) is 9.94. The molecule has 1 heterocycles. The Morgan fingerprint density at radius 2 is 2.28 bits per heavy atom. The van der Waals surface area contributed by atoms with Gasteiger partial charge in [-0.1, -0.05) is 15.9 Å². The Morgan fingerprint density at radius 3 is 3.00 bits per heavy atom. The molecule has 0 saturated heterocycles. The molecule has 1 atom stereocenters. The Labute approximate surface area is 113 Å². The number of amides is 1. The highest BCUT2D eigenvalue weighted by atomic mass is 79.9. The predicted octanol–water partition coefficient (Wildman–Crippen LogP) is 2.70. The summed E-state index contributed by atoms with van der Waals surface area (Å²) in [5, 5.41) is 12.4. The standard InChI is InChI=1S/C13H14BrNO3/c1-8(4-5-16)15-13(17)12-7-9-6-10(14)2-3-11(9)18-12/h2-3,6-8,16H,4-5H2,1H3,(H,15,17). The second kappa shape index (κ2) is 5.54. The third kappa shape index (κ3) is 2.91. The molecule has 1 aromatic heterocycles. The van der Waals surface area contributed by atoms with Gasteiger partial charge in [0.2, 0.25) is 0 Å². The van der Waals surface area contributed by atoms with Crippen molar-refractivity contribution in [3.05, 3.63) is 34.5 Å². The molecule has 5 heteroatoms. The molecule has 1 aromatic carbocycles. The Morgan fingerprint density at radius 1 is 1.50 bits per heavy atom. The van der Waals surface area contributed by atoms with Crippen LogP contribution < -0.4 is 5.32 Å². The molecule has 1 amide bonds. The number of hydrogen-bond acceptors (Lipinski definition) is 3. The summed E-state index contributed by atoms with van der Waals surface area (Å²) < 4.78 is 6.41. The highest BCUT2D eigenvalue weighted by Gasteiger charge is 2.14. The fourth-order valence-electron chi connectivity index (χ4n) is 1.69. The highest BCUT2D eigenvalue weighted by molar-refractivity contribution is 9.10. The van der Waals surface area contributed by atoms with E-state index in [-0.39, 0.29) is 24.3 Å². The monoisotopic (exact) mass is 311 g/mol. The Balaban J connectivity index is 2.18. The van der Waals surface area contributed by atoms with E-state index in [1.165, 1.54) is 0 Å². The van der Waals surface area contributed by atoms with Crippen LogP contribution in [-0.4, -0.2) is 23.7 Å². The van der Waals surface area contributed by atoms with Crippen molar-refractivity contribution in [2.75, 3.05) is 6.61 Å². The van der Waals surface area contributed by atoms with Crippen LogP contribution in [-0.2, 0) is 0 Å². The maximum absolute atomic E-state index is 11.9. The van der Waals surface area contributed by atoms with E-state index in [0.29, 0.717) is 12.0 Å². The van der Waals surface area contributed by atoms with Crippen molar-refractivity contribution >= 4 is 32.8 Å². The molecular formula is C13H14BrNO3. The first-order valence-electron chi connectivity index (χ1n) is 5.71. The van der Waals surface area contributed by atoms with Crippen molar-refractivity contribution in [3.8, 4) is 0 Å². The first kappa shape index (κ1) is 13.1. The van der Waals surface area contributed by atoms with E-state index in [1.807, 2.05) is 25.1 Å². The van der Waals surface area contributed by atoms with Crippen LogP contribution in [0.1, 0.15) is 23.9 Å². The molecule has 96 valence electrons. The van der Waals surface area contributed by atoms with E-state index in [4.69, 9.17) is 9.52 Å². The van der Waals surface area contributed by atoms with Gasteiger partial charge in [0.15, 0.2) is 5.76 Å². The second-order valence-corrected chi connectivity index (χ2v) is 5.10. The van der Waals surface area contributed by atoms with Crippen LogP contribution in [0.25, 0.3) is 11.0 Å². The number of fused-ring (bicyclic) bond motifs is 1. The van der Waals surface area contributed by atoms with E-state index in [1.54, 1.807) is 6.07 Å². The van der Waals surface area contributed by atoms with Crippen LogP contribution in [0.15, 0.2) is 33.2 Å². The maximum atomic E-state index is 11.9. The Kier molecular flexibility index (Phi) is 4.04. The number of aliphatic hydroxyl groups is 1. The molecule has 0 spiro atoms. The summed E-state index contributed by atoms with van der Waals surface area (Å²) >= 11 is 3.37. The lowest BCUT2D eigenvalue weighted by atomic mass is 10.2. The van der Waals surface area contributed by atoms with E-state index < -0.39 is 0 Å². The Hall–Kier alpha value is -1.33. The average Bonchev–Trinajstić information content (AvgIpc) is 2.72. The first-order chi connectivity index (χ1) is 8.60. The molecule has 2 N–H and O–H groups in total. The fraction of sp³-hybridized carbons (Fsp3) is 0.308. The normalized spacial score (nSPS) is 12.6. The van der Waals surface area contributed by atoms with Crippen molar-refractivity contribution in [1.82, 2.24) is 5.32 Å². The van der Waals surface area contributed by atoms with Crippen molar-refractivity contribution in [2.45, 2.75) is 19.4 Å². The van der Waals surface area contributed by atoms with Gasteiger partial charge in [0, 0.05) is 22.5 Å². The summed E-state index contributed by atoms with van der Waals surface area (Å²) in [6, 6.07) is 7.20. The van der Waals surface area contributed by atoms with Crippen molar-refractivity contribution in [1.29, 1.82) is 0 Å². The number of hydrogen-bond donors (Lipinski definition) is 2. The minimum Gasteiger partial charge on any atom is -0.451 e. The van der Waals surface area contributed by atoms with Gasteiger partial charge in [-0.25, -0.2) is 0 Å². The number of carbonyl (C=O) groups is 1. The molecule has 0 aliphatic rings. The minimum atomic E-state index is -0.261. The SMILES string of the molecule is CC(CCO)NC(=O)c1cc2cc(Br)ccc2o1. The van der Waals surface area contributed by atoms with Gasteiger partial charge in [-0.3, -0.25) is 4.79 Å². The molecule has 0 saturated carbocycles. The summed E-state index contributed by atoms with van der Waals surface area (Å²) in [7, 11) is 0. The predicted molar refractivity (Wildman–Crippen MR) is 72.5 cm³/mol. The smallest absolute Gasteiger partial charge is 0.287 e. The summed E-state index contributed by atoms with van der Waals surface area (Å²) in [5.41, 5.74) is 0.679. The summed E-state index contributed by atoms with van der Waals surface area (Å²) in [5.74, 6) is 0.0242. The van der Waals surface area contributed by atoms with Crippen LogP contribution in [0.3, 0.4) is 0 Å². The molecule has 4 nitrogen and oxygen atoms in total. The number of benzene rings is 1. The van der Waals surface area contributed by atoms with Gasteiger partial charge >= 0.3 is 0 Å². The van der Waals surface area contributed by atoms with Gasteiger partial charge in [0.25, 0.3) is 5.91 Å². The quantitative estimate of drug-likeness (QED) is 0.912. The van der Waals surface area contributed by atoms with Crippen LogP contribution >= 0.6 is 15.9 Å². The van der Waals surface area contributed by atoms with Crippen molar-refractivity contribution < 1.29 is 14.3 Å². The minimum absolute atomic E-state index is 0.0501. The molecule has 0 bridgehead atoms. The zero-order chi connectivity index (χ0) is 13.1. The largest absolute Gasteiger partial charge is 0.451 e. The lowest BCUT2D eigenvalue weighted by Gasteiger charge is -2.10. The second-order valence-electron chi connectivity index (χ2n) is 4.18. The number of aliphatic hydroxyl groups excluding tert-OH is 1. The molecule has 0 aliphatic heterocycles. The molecule has 0 radical (unpaired) electrons. The van der Waals surface area contributed by atoms with Crippen molar-refractivity contribution in [3.63, 3.8) is 0 Å². The lowest BCUT2D eigenvalue weighted by molar-refractivity contribution is 0.0908. The molecular weight excluding hydrogens is 298 g/mol. The van der Waals surface area contributed by atoms with E-state index >= 15 is 0 Å². The number of carbonyl (C=O) groups excluding carboxylic acids is 1. The first-order valence-corrected chi connectivity index (χ1v) is 6.50. The van der Waals surface area contributed by atoms with Crippen LogP contribution in [0.2, 0.25) is 0 Å². The van der Waals surface area contributed by atoms with Gasteiger partial charge in [-0.15, -0.1) is 0 Å². The fourth-order valence-corrected chi connectivity index (χ4v) is 2.07. The molecule has 0 aliphatic carbocycles.